The summed E-state index contributed by atoms with van der Waals surface area (Å²) in [5, 5.41) is 9.72. The molecule has 1 fully saturated rings. The number of H-pyrrole nitrogens is 1. The van der Waals surface area contributed by atoms with E-state index in [9.17, 15) is 9.59 Å². The van der Waals surface area contributed by atoms with Crippen molar-refractivity contribution in [3.8, 4) is 17.1 Å². The van der Waals surface area contributed by atoms with Crippen LogP contribution in [0.3, 0.4) is 0 Å². The monoisotopic (exact) mass is 419 g/mol. The molecule has 2 aromatic carbocycles. The molecule has 31 heavy (non-hydrogen) atoms. The van der Waals surface area contributed by atoms with Gasteiger partial charge in [-0.05, 0) is 30.5 Å². The summed E-state index contributed by atoms with van der Waals surface area (Å²) in [5.74, 6) is 0.954. The van der Waals surface area contributed by atoms with Crippen LogP contribution in [0.5, 0.6) is 5.75 Å². The molecule has 2 N–H and O–H groups in total. The number of rotatable bonds is 6. The molecule has 0 aliphatic carbocycles. The fourth-order valence-corrected chi connectivity index (χ4v) is 3.79. The summed E-state index contributed by atoms with van der Waals surface area (Å²) in [6, 6.07) is 17.1. The smallest absolute Gasteiger partial charge is 0.249 e. The van der Waals surface area contributed by atoms with Crippen molar-refractivity contribution in [2.24, 2.45) is 5.92 Å². The van der Waals surface area contributed by atoms with Gasteiger partial charge in [0.15, 0.2) is 5.82 Å². The average molecular weight is 419 g/mol. The third-order valence-electron chi connectivity index (χ3n) is 5.43. The Kier molecular flexibility index (Phi) is 6.26. The van der Waals surface area contributed by atoms with Crippen molar-refractivity contribution in [3.63, 3.8) is 0 Å². The lowest BCUT2D eigenvalue weighted by Crippen LogP contribution is -2.44. The lowest BCUT2D eigenvalue weighted by Gasteiger charge is -2.32. The van der Waals surface area contributed by atoms with Gasteiger partial charge in [0.1, 0.15) is 5.75 Å². The molecule has 4 rings (SSSR count). The number of carbonyl (C=O) groups is 2. The minimum Gasteiger partial charge on any atom is -0.496 e. The van der Waals surface area contributed by atoms with Crippen molar-refractivity contribution in [1.29, 1.82) is 0 Å². The molecular weight excluding hydrogens is 394 g/mol. The Morgan fingerprint density at radius 3 is 2.74 bits per heavy atom. The second-order valence-electron chi connectivity index (χ2n) is 7.54. The number of amides is 2. The molecule has 1 aliphatic heterocycles. The number of methoxy groups -OCH3 is 1. The molecular formula is C23H25N5O3. The zero-order chi connectivity index (χ0) is 21.6. The Morgan fingerprint density at radius 1 is 1.16 bits per heavy atom. The van der Waals surface area contributed by atoms with Crippen molar-refractivity contribution in [2.75, 3.05) is 25.5 Å². The molecule has 160 valence electrons. The van der Waals surface area contributed by atoms with Crippen molar-refractivity contribution >= 4 is 17.8 Å². The fourth-order valence-electron chi connectivity index (χ4n) is 3.79. The van der Waals surface area contributed by atoms with E-state index in [0.29, 0.717) is 31.1 Å². The predicted octanol–water partition coefficient (Wildman–Crippen LogP) is 2.90. The molecule has 2 heterocycles. The molecule has 0 spiro atoms. The van der Waals surface area contributed by atoms with E-state index in [1.165, 1.54) is 0 Å². The molecule has 1 atom stereocenters. The Balaban J connectivity index is 1.37. The third-order valence-corrected chi connectivity index (χ3v) is 5.43. The van der Waals surface area contributed by atoms with Gasteiger partial charge in [0.25, 0.3) is 0 Å². The Labute approximate surface area is 180 Å². The Hall–Kier alpha value is -3.68. The van der Waals surface area contributed by atoms with Gasteiger partial charge in [-0.3, -0.25) is 20.0 Å². The molecule has 8 heteroatoms. The molecule has 1 aromatic heterocycles. The van der Waals surface area contributed by atoms with Crippen LogP contribution in [-0.2, 0) is 16.0 Å². The van der Waals surface area contributed by atoms with Crippen LogP contribution in [0.25, 0.3) is 11.4 Å². The number of nitrogens with zero attached hydrogens (tertiary/aromatic N) is 3. The van der Waals surface area contributed by atoms with Gasteiger partial charge in [0, 0.05) is 13.1 Å². The van der Waals surface area contributed by atoms with Crippen molar-refractivity contribution in [1.82, 2.24) is 20.1 Å². The van der Waals surface area contributed by atoms with Crippen molar-refractivity contribution in [3.05, 3.63) is 60.2 Å². The van der Waals surface area contributed by atoms with E-state index >= 15 is 0 Å². The molecule has 2 amide bonds. The number of benzene rings is 2. The molecule has 1 unspecified atom stereocenters. The van der Waals surface area contributed by atoms with Crippen molar-refractivity contribution < 1.29 is 14.3 Å². The van der Waals surface area contributed by atoms with E-state index in [1.54, 1.807) is 12.0 Å². The average Bonchev–Trinajstić information content (AvgIpc) is 3.28. The fraction of sp³-hybridized carbons (Fsp3) is 0.304. The highest BCUT2D eigenvalue weighted by atomic mass is 16.5. The number of para-hydroxylation sites is 1. The van der Waals surface area contributed by atoms with E-state index in [4.69, 9.17) is 4.74 Å². The van der Waals surface area contributed by atoms with Gasteiger partial charge in [-0.25, -0.2) is 0 Å². The van der Waals surface area contributed by atoms with Crippen molar-refractivity contribution in [2.45, 2.75) is 19.3 Å². The number of ether oxygens (including phenoxy) is 1. The van der Waals surface area contributed by atoms with Crippen LogP contribution in [0, 0.1) is 5.92 Å². The molecule has 0 radical (unpaired) electrons. The van der Waals surface area contributed by atoms with Crippen LogP contribution in [0.4, 0.5) is 5.95 Å². The standard InChI is InChI=1S/C23H25N5O3/c1-31-19-12-6-5-11-18(19)21-24-23(27-26-21)25-22(30)17-10-7-13-28(15-17)20(29)14-16-8-3-2-4-9-16/h2-6,8-9,11-12,17H,7,10,13-15H2,1H3,(H2,24,25,26,27,30). The zero-order valence-corrected chi connectivity index (χ0v) is 17.4. The normalized spacial score (nSPS) is 16.0. The van der Waals surface area contributed by atoms with Gasteiger partial charge in [0.05, 0.1) is 25.0 Å². The first-order valence-electron chi connectivity index (χ1n) is 10.3. The number of aromatic amines is 1. The lowest BCUT2D eigenvalue weighted by molar-refractivity contribution is -0.133. The summed E-state index contributed by atoms with van der Waals surface area (Å²) in [6.07, 6.45) is 1.86. The Bertz CT molecular complexity index is 1050. The third kappa shape index (κ3) is 4.91. The van der Waals surface area contributed by atoms with E-state index in [0.717, 1.165) is 24.0 Å². The number of piperidine rings is 1. The summed E-state index contributed by atoms with van der Waals surface area (Å²) in [7, 11) is 1.59. The Morgan fingerprint density at radius 2 is 1.94 bits per heavy atom. The van der Waals surface area contributed by atoms with Crippen LogP contribution in [0.2, 0.25) is 0 Å². The maximum Gasteiger partial charge on any atom is 0.249 e. The molecule has 3 aromatic rings. The van der Waals surface area contributed by atoms with Gasteiger partial charge in [-0.1, -0.05) is 42.5 Å². The molecule has 1 aliphatic rings. The zero-order valence-electron chi connectivity index (χ0n) is 17.4. The SMILES string of the molecule is COc1ccccc1-c1nc(NC(=O)C2CCCN(C(=O)Cc3ccccc3)C2)n[nH]1. The number of likely N-dealkylation sites (tertiary alicyclic amines) is 1. The predicted molar refractivity (Wildman–Crippen MR) is 116 cm³/mol. The van der Waals surface area contributed by atoms with E-state index < -0.39 is 0 Å². The van der Waals surface area contributed by atoms with Gasteiger partial charge in [-0.2, -0.15) is 4.98 Å². The lowest BCUT2D eigenvalue weighted by atomic mass is 9.96. The first-order valence-corrected chi connectivity index (χ1v) is 10.3. The van der Waals surface area contributed by atoms with Crippen LogP contribution < -0.4 is 10.1 Å². The quantitative estimate of drug-likeness (QED) is 0.640. The first kappa shape index (κ1) is 20.6. The van der Waals surface area contributed by atoms with Gasteiger partial charge >= 0.3 is 0 Å². The highest BCUT2D eigenvalue weighted by Gasteiger charge is 2.29. The molecule has 0 bridgehead atoms. The summed E-state index contributed by atoms with van der Waals surface area (Å²) < 4.78 is 5.35. The van der Waals surface area contributed by atoms with Gasteiger partial charge in [0.2, 0.25) is 17.8 Å². The van der Waals surface area contributed by atoms with Gasteiger partial charge < -0.3 is 9.64 Å². The minimum absolute atomic E-state index is 0.0417. The number of hydrogen-bond donors (Lipinski definition) is 2. The number of aromatic nitrogens is 3. The van der Waals surface area contributed by atoms with Crippen LogP contribution in [0.1, 0.15) is 18.4 Å². The molecule has 1 saturated heterocycles. The van der Waals surface area contributed by atoms with Crippen LogP contribution in [-0.4, -0.2) is 52.1 Å². The molecule has 0 saturated carbocycles. The number of anilines is 1. The number of carbonyl (C=O) groups excluding carboxylic acids is 2. The maximum absolute atomic E-state index is 12.8. The van der Waals surface area contributed by atoms with Crippen LogP contribution in [0.15, 0.2) is 54.6 Å². The molecule has 8 nitrogen and oxygen atoms in total. The second kappa shape index (κ2) is 9.42. The number of hydrogen-bond acceptors (Lipinski definition) is 5. The maximum atomic E-state index is 12.8. The minimum atomic E-state index is -0.290. The summed E-state index contributed by atoms with van der Waals surface area (Å²) in [4.78, 5) is 31.6. The highest BCUT2D eigenvalue weighted by molar-refractivity contribution is 5.92. The topological polar surface area (TPSA) is 100 Å². The summed E-state index contributed by atoms with van der Waals surface area (Å²) in [5.41, 5.74) is 1.73. The van der Waals surface area contributed by atoms with Crippen LogP contribution >= 0.6 is 0 Å². The van der Waals surface area contributed by atoms with E-state index in [2.05, 4.69) is 20.5 Å². The van der Waals surface area contributed by atoms with E-state index in [1.807, 2.05) is 54.6 Å². The second-order valence-corrected chi connectivity index (χ2v) is 7.54. The van der Waals surface area contributed by atoms with E-state index in [-0.39, 0.29) is 23.7 Å². The highest BCUT2D eigenvalue weighted by Crippen LogP contribution is 2.27. The number of nitrogens with one attached hydrogen (secondary N) is 2. The largest absolute Gasteiger partial charge is 0.496 e. The summed E-state index contributed by atoms with van der Waals surface area (Å²) in [6.45, 7) is 1.08. The van der Waals surface area contributed by atoms with Gasteiger partial charge in [-0.15, -0.1) is 5.10 Å². The first-order chi connectivity index (χ1) is 15.1. The summed E-state index contributed by atoms with van der Waals surface area (Å²) >= 11 is 0.